The van der Waals surface area contributed by atoms with Crippen molar-refractivity contribution < 1.29 is 19.0 Å². The summed E-state index contributed by atoms with van der Waals surface area (Å²) in [6.45, 7) is 3.04. The van der Waals surface area contributed by atoms with Gasteiger partial charge in [0.2, 0.25) is 0 Å². The highest BCUT2D eigenvalue weighted by atomic mass is 16.7. The van der Waals surface area contributed by atoms with Crippen LogP contribution in [-0.4, -0.2) is 25.0 Å². The van der Waals surface area contributed by atoms with Crippen molar-refractivity contribution in [2.24, 2.45) is 0 Å². The summed E-state index contributed by atoms with van der Waals surface area (Å²) in [5.74, 6) is 1.12. The van der Waals surface area contributed by atoms with Gasteiger partial charge in [0.25, 0.3) is 0 Å². The molecular weight excluding hydrogens is 412 g/mol. The third-order valence-electron chi connectivity index (χ3n) is 7.16. The summed E-state index contributed by atoms with van der Waals surface area (Å²) < 4.78 is 17.8. The van der Waals surface area contributed by atoms with Crippen molar-refractivity contribution in [2.75, 3.05) is 6.61 Å². The monoisotopic (exact) mass is 458 g/mol. The van der Waals surface area contributed by atoms with E-state index < -0.39 is 0 Å². The van der Waals surface area contributed by atoms with Gasteiger partial charge in [0.15, 0.2) is 6.29 Å². The molecule has 3 atom stereocenters. The Morgan fingerprint density at radius 3 is 2.39 bits per heavy atom. The van der Waals surface area contributed by atoms with Crippen LogP contribution >= 0.6 is 0 Å². The molecule has 0 N–H and O–H groups in total. The summed E-state index contributed by atoms with van der Waals surface area (Å²) in [6, 6.07) is 8.36. The average Bonchev–Trinajstić information content (AvgIpc) is 2.84. The van der Waals surface area contributed by atoms with Gasteiger partial charge in [-0.25, -0.2) is 0 Å². The molecule has 4 nitrogen and oxygen atoms in total. The largest absolute Gasteiger partial charge is 0.465 e. The van der Waals surface area contributed by atoms with Gasteiger partial charge in [0, 0.05) is 18.8 Å². The molecule has 1 aliphatic carbocycles. The fourth-order valence-electron chi connectivity index (χ4n) is 5.20. The molecule has 1 heterocycles. The first kappa shape index (κ1) is 26.1. The van der Waals surface area contributed by atoms with E-state index in [1.165, 1.54) is 56.9 Å². The van der Waals surface area contributed by atoms with E-state index in [0.717, 1.165) is 63.7 Å². The average molecular weight is 459 g/mol. The van der Waals surface area contributed by atoms with Gasteiger partial charge in [-0.2, -0.15) is 0 Å². The van der Waals surface area contributed by atoms with Crippen molar-refractivity contribution >= 4 is 5.97 Å². The maximum Gasteiger partial charge on any atom is 0.306 e. The Hall–Kier alpha value is -1.55. The maximum atomic E-state index is 12.6. The lowest BCUT2D eigenvalue weighted by Crippen LogP contribution is -2.29. The molecule has 1 saturated heterocycles. The second-order valence-electron chi connectivity index (χ2n) is 9.98. The van der Waals surface area contributed by atoms with E-state index in [1.54, 1.807) is 0 Å². The zero-order valence-corrected chi connectivity index (χ0v) is 20.9. The summed E-state index contributed by atoms with van der Waals surface area (Å²) in [7, 11) is 0. The van der Waals surface area contributed by atoms with E-state index in [-0.39, 0.29) is 24.3 Å². The Morgan fingerprint density at radius 1 is 0.909 bits per heavy atom. The number of esters is 1. The normalized spacial score (nSPS) is 23.2. The van der Waals surface area contributed by atoms with E-state index in [4.69, 9.17) is 14.2 Å². The van der Waals surface area contributed by atoms with Crippen molar-refractivity contribution in [1.82, 2.24) is 0 Å². The predicted molar refractivity (Wildman–Crippen MR) is 134 cm³/mol. The van der Waals surface area contributed by atoms with Gasteiger partial charge in [-0.3, -0.25) is 4.79 Å². The zero-order chi connectivity index (χ0) is 23.1. The molecule has 0 bridgehead atoms. The molecule has 0 aromatic heterocycles. The lowest BCUT2D eigenvalue weighted by molar-refractivity contribution is -0.151. The van der Waals surface area contributed by atoms with Crippen LogP contribution in [0.4, 0.5) is 0 Å². The van der Waals surface area contributed by atoms with Gasteiger partial charge in [0.1, 0.15) is 11.9 Å². The lowest BCUT2D eigenvalue weighted by Gasteiger charge is -2.32. The fourth-order valence-corrected chi connectivity index (χ4v) is 5.20. The molecule has 1 unspecified atom stereocenters. The second-order valence-corrected chi connectivity index (χ2v) is 9.98. The van der Waals surface area contributed by atoms with Crippen LogP contribution in [0.5, 0.6) is 5.75 Å². The highest BCUT2D eigenvalue weighted by Gasteiger charge is 2.30. The molecule has 2 fully saturated rings. The Labute approximate surface area is 201 Å². The molecule has 33 heavy (non-hydrogen) atoms. The molecule has 0 amide bonds. The van der Waals surface area contributed by atoms with Crippen molar-refractivity contribution in [3.63, 3.8) is 0 Å². The van der Waals surface area contributed by atoms with Gasteiger partial charge in [-0.15, -0.1) is 0 Å². The minimum Gasteiger partial charge on any atom is -0.465 e. The van der Waals surface area contributed by atoms with E-state index in [0.29, 0.717) is 6.42 Å². The zero-order valence-electron chi connectivity index (χ0n) is 20.9. The predicted octanol–water partition coefficient (Wildman–Crippen LogP) is 8.08. The van der Waals surface area contributed by atoms with Crippen LogP contribution in [0, 0.1) is 0 Å². The second kappa shape index (κ2) is 15.4. The van der Waals surface area contributed by atoms with Gasteiger partial charge in [0.05, 0.1) is 6.61 Å². The van der Waals surface area contributed by atoms with Crippen LogP contribution in [0.1, 0.15) is 128 Å². The first-order chi connectivity index (χ1) is 16.3. The van der Waals surface area contributed by atoms with E-state index >= 15 is 0 Å². The molecule has 0 radical (unpaired) electrons. The summed E-state index contributed by atoms with van der Waals surface area (Å²) in [4.78, 5) is 12.6. The first-order valence-electron chi connectivity index (χ1n) is 13.8. The van der Waals surface area contributed by atoms with Crippen molar-refractivity contribution in [2.45, 2.75) is 134 Å². The van der Waals surface area contributed by atoms with E-state index in [2.05, 4.69) is 25.1 Å². The quantitative estimate of drug-likeness (QED) is 0.209. The van der Waals surface area contributed by atoms with Crippen LogP contribution in [0.3, 0.4) is 0 Å². The van der Waals surface area contributed by atoms with E-state index in [1.807, 2.05) is 6.07 Å². The topological polar surface area (TPSA) is 44.8 Å². The van der Waals surface area contributed by atoms with Crippen LogP contribution in [0.15, 0.2) is 24.3 Å². The Kier molecular flexibility index (Phi) is 12.1. The number of benzene rings is 1. The lowest BCUT2D eigenvalue weighted by atomic mass is 9.81. The maximum absolute atomic E-state index is 12.6. The number of unbranched alkanes of at least 4 members (excludes halogenated alkanes) is 8. The van der Waals surface area contributed by atoms with Crippen LogP contribution in [-0.2, 0) is 14.3 Å². The highest BCUT2D eigenvalue weighted by Crippen LogP contribution is 2.37. The highest BCUT2D eigenvalue weighted by molar-refractivity contribution is 5.69. The number of rotatable bonds is 14. The summed E-state index contributed by atoms with van der Waals surface area (Å²) >= 11 is 0. The molecular formula is C29H46O4. The number of hydrogen-bond donors (Lipinski definition) is 0. The molecule has 4 heteroatoms. The third-order valence-corrected chi connectivity index (χ3v) is 7.16. The van der Waals surface area contributed by atoms with Crippen molar-refractivity contribution in [3.8, 4) is 5.75 Å². The van der Waals surface area contributed by atoms with E-state index in [9.17, 15) is 4.79 Å². The standard InChI is InChI=1S/C29H46O4/c1-2-3-4-5-6-7-8-9-10-20-28(30)33-27-19-12-11-18-26(27)24-16-15-17-25(23-24)32-29-21-13-14-22-31-29/h15-17,23,26-27,29H,2-14,18-22H2,1H3/t26-,27+,29?/m1/s1. The summed E-state index contributed by atoms with van der Waals surface area (Å²) in [5.41, 5.74) is 1.23. The number of carbonyl (C=O) groups excluding carboxylic acids is 1. The van der Waals surface area contributed by atoms with Gasteiger partial charge in [-0.05, 0) is 56.2 Å². The molecule has 1 aliphatic heterocycles. The third kappa shape index (κ3) is 9.68. The summed E-state index contributed by atoms with van der Waals surface area (Å²) in [6.07, 6.45) is 19.4. The van der Waals surface area contributed by atoms with Crippen LogP contribution < -0.4 is 4.74 Å². The summed E-state index contributed by atoms with van der Waals surface area (Å²) in [5, 5.41) is 0. The molecule has 3 rings (SSSR count). The van der Waals surface area contributed by atoms with Gasteiger partial charge >= 0.3 is 5.97 Å². The SMILES string of the molecule is CCCCCCCCCCCC(=O)O[C@H]1CCCC[C@@H]1c1cccc(OC2CCCCO2)c1. The number of ether oxygens (including phenoxy) is 3. The van der Waals surface area contributed by atoms with Crippen molar-refractivity contribution in [1.29, 1.82) is 0 Å². The fraction of sp³-hybridized carbons (Fsp3) is 0.759. The van der Waals surface area contributed by atoms with Crippen LogP contribution in [0.2, 0.25) is 0 Å². The van der Waals surface area contributed by atoms with Crippen LogP contribution in [0.25, 0.3) is 0 Å². The molecule has 1 saturated carbocycles. The van der Waals surface area contributed by atoms with Gasteiger partial charge < -0.3 is 14.2 Å². The minimum atomic E-state index is -0.134. The molecule has 1 aromatic carbocycles. The smallest absolute Gasteiger partial charge is 0.306 e. The molecule has 2 aliphatic rings. The minimum absolute atomic E-state index is 0.00834. The molecule has 1 aromatic rings. The first-order valence-corrected chi connectivity index (χ1v) is 13.8. The Morgan fingerprint density at radius 2 is 1.64 bits per heavy atom. The molecule has 0 spiro atoms. The van der Waals surface area contributed by atoms with Crippen molar-refractivity contribution in [3.05, 3.63) is 29.8 Å². The number of carbonyl (C=O) groups is 1. The molecule has 186 valence electrons. The van der Waals surface area contributed by atoms with Gasteiger partial charge in [-0.1, -0.05) is 76.8 Å². The Bertz CT molecular complexity index is 667. The Balaban J connectivity index is 1.40. The number of hydrogen-bond acceptors (Lipinski definition) is 4.